The molecule has 4 aromatic rings. The van der Waals surface area contributed by atoms with Gasteiger partial charge in [-0.2, -0.15) is 16.8 Å². The SMILES string of the molecule is C=C(/C=C/C=C/C=C/C=C1/N(CCCCCC(=O)O)c2ccc3cc(S(=O)(=O)O)ccc3c2C1(C)C)C(C)(CCCS(=O)(=O)O)c1c(C)ccc2cc(CCOC)ccc12. The maximum Gasteiger partial charge on any atom is 0.303 e. The van der Waals surface area contributed by atoms with Crippen molar-refractivity contribution in [1.29, 1.82) is 0 Å². The van der Waals surface area contributed by atoms with Crippen LogP contribution in [0.4, 0.5) is 5.69 Å². The van der Waals surface area contributed by atoms with Gasteiger partial charge in [0.2, 0.25) is 0 Å². The molecule has 4 aromatic carbocycles. The Hall–Kier alpha value is -4.85. The van der Waals surface area contributed by atoms with E-state index in [4.69, 9.17) is 9.84 Å². The number of aliphatic carboxylic acids is 1. The van der Waals surface area contributed by atoms with E-state index in [1.165, 1.54) is 12.1 Å². The third kappa shape index (κ3) is 10.9. The van der Waals surface area contributed by atoms with Crippen molar-refractivity contribution in [2.45, 2.75) is 88.4 Å². The molecule has 1 unspecified atom stereocenters. The summed E-state index contributed by atoms with van der Waals surface area (Å²) in [5, 5.41) is 12.8. The molecule has 1 atom stereocenters. The first-order chi connectivity index (χ1) is 28.3. The van der Waals surface area contributed by atoms with E-state index >= 15 is 0 Å². The van der Waals surface area contributed by atoms with Gasteiger partial charge in [-0.15, -0.1) is 0 Å². The van der Waals surface area contributed by atoms with E-state index < -0.39 is 37.0 Å². The lowest BCUT2D eigenvalue weighted by Gasteiger charge is -2.34. The quantitative estimate of drug-likeness (QED) is 0.0444. The zero-order valence-corrected chi connectivity index (χ0v) is 36.8. The van der Waals surface area contributed by atoms with Crippen molar-refractivity contribution in [2.24, 2.45) is 0 Å². The average Bonchev–Trinajstić information content (AvgIpc) is 3.39. The summed E-state index contributed by atoms with van der Waals surface area (Å²) < 4.78 is 71.8. The molecular formula is C48H57NO9S2. The zero-order chi connectivity index (χ0) is 43.9. The van der Waals surface area contributed by atoms with Crippen LogP contribution in [0.15, 0.2) is 126 Å². The second-order valence-electron chi connectivity index (χ2n) is 16.3. The molecule has 60 heavy (non-hydrogen) atoms. The molecule has 0 aliphatic carbocycles. The molecule has 5 rings (SSSR count). The second-order valence-corrected chi connectivity index (χ2v) is 19.3. The average molecular weight is 856 g/mol. The zero-order valence-electron chi connectivity index (χ0n) is 35.1. The number of methoxy groups -OCH3 is 1. The van der Waals surface area contributed by atoms with Crippen LogP contribution >= 0.6 is 0 Å². The van der Waals surface area contributed by atoms with Crippen LogP contribution in [0.25, 0.3) is 21.5 Å². The Bertz CT molecular complexity index is 2600. The van der Waals surface area contributed by atoms with Gasteiger partial charge >= 0.3 is 5.97 Å². The number of ether oxygens (including phenoxy) is 1. The highest BCUT2D eigenvalue weighted by Crippen LogP contribution is 2.51. The standard InChI is InChI=1S/C48H57NO9S2/c1-34-19-21-37-32-36(27-30-58-6)20-24-40(37)45(34)48(5,28-15-31-59(52,53)54)35(2)16-11-8-7-9-12-17-43-47(3,4)46-41-25-23-39(60(55,56)57)33-38(41)22-26-42(46)49(43)29-14-10-13-18-44(50)51/h7-9,11-12,16-17,19-26,32-33H,2,10,13-15,18,27-31H2,1,3-6H3,(H,50,51)(H,52,53,54)(H,55,56,57)/b8-7+,12-9+,16-11+,43-17+. The molecule has 0 saturated heterocycles. The van der Waals surface area contributed by atoms with Crippen molar-refractivity contribution >= 4 is 53.4 Å². The van der Waals surface area contributed by atoms with E-state index in [9.17, 15) is 30.7 Å². The number of benzene rings is 4. The molecular weight excluding hydrogens is 799 g/mol. The van der Waals surface area contributed by atoms with E-state index in [-0.39, 0.29) is 23.5 Å². The number of hydrogen-bond acceptors (Lipinski definition) is 7. The van der Waals surface area contributed by atoms with Gasteiger partial charge in [-0.1, -0.05) is 113 Å². The minimum absolute atomic E-state index is 0.120. The third-order valence-electron chi connectivity index (χ3n) is 11.6. The number of nitrogens with zero attached hydrogens (tertiary/aromatic N) is 1. The van der Waals surface area contributed by atoms with E-state index in [0.717, 1.165) is 74.6 Å². The van der Waals surface area contributed by atoms with Gasteiger partial charge in [0.05, 0.1) is 17.3 Å². The molecule has 0 amide bonds. The van der Waals surface area contributed by atoms with Crippen LogP contribution < -0.4 is 4.90 Å². The fourth-order valence-electron chi connectivity index (χ4n) is 8.54. The summed E-state index contributed by atoms with van der Waals surface area (Å²) >= 11 is 0. The van der Waals surface area contributed by atoms with Crippen LogP contribution in [-0.2, 0) is 47.0 Å². The molecule has 0 fully saturated rings. The minimum Gasteiger partial charge on any atom is -0.481 e. The molecule has 320 valence electrons. The Morgan fingerprint density at radius 2 is 1.55 bits per heavy atom. The van der Waals surface area contributed by atoms with Crippen LogP contribution in [0, 0.1) is 6.92 Å². The van der Waals surface area contributed by atoms with Gasteiger partial charge in [-0.3, -0.25) is 13.9 Å². The first-order valence-corrected chi connectivity index (χ1v) is 23.3. The van der Waals surface area contributed by atoms with Gasteiger partial charge in [0, 0.05) is 42.3 Å². The molecule has 0 bridgehead atoms. The number of carboxylic acid groups (broad SMARTS) is 1. The molecule has 0 saturated carbocycles. The van der Waals surface area contributed by atoms with Gasteiger partial charge in [0.1, 0.15) is 0 Å². The Labute approximate surface area is 355 Å². The lowest BCUT2D eigenvalue weighted by atomic mass is 9.70. The largest absolute Gasteiger partial charge is 0.481 e. The van der Waals surface area contributed by atoms with Crippen molar-refractivity contribution in [3.63, 3.8) is 0 Å². The van der Waals surface area contributed by atoms with Crippen molar-refractivity contribution in [2.75, 3.05) is 30.9 Å². The molecule has 3 N–H and O–H groups in total. The number of fused-ring (bicyclic) bond motifs is 4. The Morgan fingerprint density at radius 3 is 2.25 bits per heavy atom. The predicted molar refractivity (Wildman–Crippen MR) is 242 cm³/mol. The summed E-state index contributed by atoms with van der Waals surface area (Å²) in [5.74, 6) is -1.16. The maximum atomic E-state index is 11.9. The fraction of sp³-hybridized carbons (Fsp3) is 0.354. The van der Waals surface area contributed by atoms with Crippen molar-refractivity contribution in [3.05, 3.63) is 143 Å². The summed E-state index contributed by atoms with van der Waals surface area (Å²) in [4.78, 5) is 13.2. The van der Waals surface area contributed by atoms with E-state index in [2.05, 4.69) is 75.6 Å². The van der Waals surface area contributed by atoms with Crippen LogP contribution in [0.3, 0.4) is 0 Å². The van der Waals surface area contributed by atoms with Crippen LogP contribution in [0.1, 0.15) is 81.5 Å². The molecule has 0 radical (unpaired) electrons. The van der Waals surface area contributed by atoms with Gasteiger partial charge in [0.25, 0.3) is 20.2 Å². The lowest BCUT2D eigenvalue weighted by molar-refractivity contribution is -0.137. The summed E-state index contributed by atoms with van der Waals surface area (Å²) in [6.07, 6.45) is 17.4. The molecule has 10 nitrogen and oxygen atoms in total. The molecule has 1 aliphatic heterocycles. The summed E-state index contributed by atoms with van der Waals surface area (Å²) in [5.41, 5.74) is 6.03. The number of unbranched alkanes of at least 4 members (excludes halogenated alkanes) is 2. The molecule has 1 heterocycles. The number of carboxylic acids is 1. The van der Waals surface area contributed by atoms with E-state index in [1.54, 1.807) is 13.2 Å². The highest BCUT2D eigenvalue weighted by atomic mass is 32.2. The number of allylic oxidation sites excluding steroid dienone is 9. The van der Waals surface area contributed by atoms with Crippen molar-refractivity contribution in [3.8, 4) is 0 Å². The third-order valence-corrected chi connectivity index (χ3v) is 13.3. The number of anilines is 1. The van der Waals surface area contributed by atoms with Crippen LogP contribution in [-0.4, -0.2) is 63.0 Å². The van der Waals surface area contributed by atoms with Crippen LogP contribution in [0.5, 0.6) is 0 Å². The molecule has 0 spiro atoms. The van der Waals surface area contributed by atoms with Crippen LogP contribution in [0.2, 0.25) is 0 Å². The summed E-state index contributed by atoms with van der Waals surface area (Å²) in [6, 6.07) is 19.1. The topological polar surface area (TPSA) is 159 Å². The summed E-state index contributed by atoms with van der Waals surface area (Å²) in [7, 11) is -6.83. The number of aryl methyl sites for hydroxylation is 1. The molecule has 1 aliphatic rings. The first-order valence-electron chi connectivity index (χ1n) is 20.2. The summed E-state index contributed by atoms with van der Waals surface area (Å²) in [6.45, 7) is 14.1. The number of carbonyl (C=O) groups is 1. The normalized spacial score (nSPS) is 16.2. The van der Waals surface area contributed by atoms with Gasteiger partial charge in [-0.25, -0.2) is 0 Å². The predicted octanol–water partition coefficient (Wildman–Crippen LogP) is 10.2. The monoisotopic (exact) mass is 855 g/mol. The second kappa shape index (κ2) is 19.2. The Balaban J connectivity index is 1.42. The van der Waals surface area contributed by atoms with Gasteiger partial charge in [0.15, 0.2) is 0 Å². The van der Waals surface area contributed by atoms with Crippen molar-refractivity contribution in [1.82, 2.24) is 0 Å². The molecule has 0 aromatic heterocycles. The maximum absolute atomic E-state index is 11.9. The number of hydrogen-bond donors (Lipinski definition) is 3. The van der Waals surface area contributed by atoms with Crippen molar-refractivity contribution < 1.29 is 40.6 Å². The first kappa shape index (κ1) is 46.2. The highest BCUT2D eigenvalue weighted by Gasteiger charge is 2.41. The van der Waals surface area contributed by atoms with Gasteiger partial charge in [-0.05, 0) is 113 Å². The smallest absolute Gasteiger partial charge is 0.303 e. The van der Waals surface area contributed by atoms with Gasteiger partial charge < -0.3 is 14.7 Å². The minimum atomic E-state index is -4.37. The van der Waals surface area contributed by atoms with E-state index in [1.807, 2.05) is 48.6 Å². The number of rotatable bonds is 20. The lowest BCUT2D eigenvalue weighted by Crippen LogP contribution is -2.27. The Kier molecular flexibility index (Phi) is 14.8. The highest BCUT2D eigenvalue weighted by molar-refractivity contribution is 7.86. The Morgan fingerprint density at radius 1 is 0.867 bits per heavy atom. The fourth-order valence-corrected chi connectivity index (χ4v) is 9.57. The molecule has 12 heteroatoms. The van der Waals surface area contributed by atoms with E-state index in [0.29, 0.717) is 31.4 Å².